The van der Waals surface area contributed by atoms with Crippen molar-refractivity contribution < 1.29 is 4.79 Å². The fourth-order valence-electron chi connectivity index (χ4n) is 3.54. The largest absolute Gasteiger partial charge is 0.298 e. The molecule has 0 spiro atoms. The molecule has 2 aliphatic rings. The van der Waals surface area contributed by atoms with E-state index in [4.69, 9.17) is 0 Å². The second kappa shape index (κ2) is 7.19. The van der Waals surface area contributed by atoms with Crippen molar-refractivity contribution in [2.24, 2.45) is 5.92 Å². The van der Waals surface area contributed by atoms with Crippen LogP contribution in [0.4, 0.5) is 0 Å². The predicted molar refractivity (Wildman–Crippen MR) is 85.1 cm³/mol. The van der Waals surface area contributed by atoms with Crippen LogP contribution < -0.4 is 0 Å². The van der Waals surface area contributed by atoms with Crippen molar-refractivity contribution in [3.05, 3.63) is 35.9 Å². The van der Waals surface area contributed by atoms with Gasteiger partial charge in [-0.2, -0.15) is 0 Å². The summed E-state index contributed by atoms with van der Waals surface area (Å²) in [6.07, 6.45) is 4.77. The quantitative estimate of drug-likeness (QED) is 0.831. The third-order valence-electron chi connectivity index (χ3n) is 4.90. The average Bonchev–Trinajstić information content (AvgIpc) is 3.05. The molecule has 1 heterocycles. The van der Waals surface area contributed by atoms with E-state index in [9.17, 15) is 4.79 Å². The molecule has 0 aromatic heterocycles. The van der Waals surface area contributed by atoms with Gasteiger partial charge in [0.05, 0.1) is 6.54 Å². The summed E-state index contributed by atoms with van der Waals surface area (Å²) in [4.78, 5) is 17.1. The SMILES string of the molecule is O=C(CN1CCN(Cc2ccccc2)CC1)C1CCCC1. The van der Waals surface area contributed by atoms with Crippen molar-refractivity contribution in [3.63, 3.8) is 0 Å². The van der Waals surface area contributed by atoms with E-state index < -0.39 is 0 Å². The normalized spacial score (nSPS) is 21.7. The maximum Gasteiger partial charge on any atom is 0.149 e. The van der Waals surface area contributed by atoms with Crippen LogP contribution in [-0.2, 0) is 11.3 Å². The molecule has 0 unspecified atom stereocenters. The summed E-state index contributed by atoms with van der Waals surface area (Å²) in [5.74, 6) is 0.858. The van der Waals surface area contributed by atoms with Gasteiger partial charge in [-0.15, -0.1) is 0 Å². The standard InChI is InChI=1S/C18H26N2O/c21-18(17-8-4-5-9-17)15-20-12-10-19(11-13-20)14-16-6-2-1-3-7-16/h1-3,6-7,17H,4-5,8-15H2. The van der Waals surface area contributed by atoms with Gasteiger partial charge in [0.25, 0.3) is 0 Å². The lowest BCUT2D eigenvalue weighted by atomic mass is 10.0. The maximum absolute atomic E-state index is 12.2. The Hall–Kier alpha value is -1.19. The van der Waals surface area contributed by atoms with E-state index in [2.05, 4.69) is 40.1 Å². The lowest BCUT2D eigenvalue weighted by molar-refractivity contribution is -0.124. The van der Waals surface area contributed by atoms with Crippen LogP contribution in [0.2, 0.25) is 0 Å². The summed E-state index contributed by atoms with van der Waals surface area (Å²) in [5, 5.41) is 0. The Balaban J connectivity index is 1.41. The molecule has 1 saturated heterocycles. The highest BCUT2D eigenvalue weighted by atomic mass is 16.1. The zero-order chi connectivity index (χ0) is 14.5. The molecule has 0 atom stereocenters. The van der Waals surface area contributed by atoms with Gasteiger partial charge in [0.2, 0.25) is 0 Å². The monoisotopic (exact) mass is 286 g/mol. The van der Waals surface area contributed by atoms with Crippen LogP contribution in [-0.4, -0.2) is 48.3 Å². The Labute approximate surface area is 127 Å². The fraction of sp³-hybridized carbons (Fsp3) is 0.611. The zero-order valence-corrected chi connectivity index (χ0v) is 12.8. The van der Waals surface area contributed by atoms with Crippen LogP contribution in [0.15, 0.2) is 30.3 Å². The van der Waals surface area contributed by atoms with Gasteiger partial charge < -0.3 is 0 Å². The van der Waals surface area contributed by atoms with E-state index in [1.807, 2.05) is 0 Å². The number of Topliss-reactive ketones (excluding diaryl/α,β-unsaturated/α-hetero) is 1. The van der Waals surface area contributed by atoms with Crippen molar-refractivity contribution in [2.45, 2.75) is 32.2 Å². The minimum absolute atomic E-state index is 0.368. The first kappa shape index (κ1) is 14.7. The van der Waals surface area contributed by atoms with E-state index in [0.717, 1.165) is 45.6 Å². The molecule has 0 bridgehead atoms. The third-order valence-corrected chi connectivity index (χ3v) is 4.90. The number of carbonyl (C=O) groups excluding carboxylic acids is 1. The average molecular weight is 286 g/mol. The van der Waals surface area contributed by atoms with Gasteiger partial charge >= 0.3 is 0 Å². The summed E-state index contributed by atoms with van der Waals surface area (Å²) in [7, 11) is 0. The molecule has 3 heteroatoms. The number of hydrogen-bond donors (Lipinski definition) is 0. The minimum atomic E-state index is 0.368. The molecule has 1 aliphatic carbocycles. The smallest absolute Gasteiger partial charge is 0.149 e. The number of piperazine rings is 1. The van der Waals surface area contributed by atoms with E-state index in [0.29, 0.717) is 18.2 Å². The Morgan fingerprint density at radius 3 is 2.24 bits per heavy atom. The summed E-state index contributed by atoms with van der Waals surface area (Å²) in [5.41, 5.74) is 1.38. The first-order valence-electron chi connectivity index (χ1n) is 8.32. The predicted octanol–water partition coefficient (Wildman–Crippen LogP) is 2.56. The van der Waals surface area contributed by atoms with Crippen LogP contribution in [0.1, 0.15) is 31.2 Å². The number of benzene rings is 1. The highest BCUT2D eigenvalue weighted by Crippen LogP contribution is 2.25. The highest BCUT2D eigenvalue weighted by molar-refractivity contribution is 5.83. The van der Waals surface area contributed by atoms with Gasteiger partial charge in [-0.1, -0.05) is 43.2 Å². The van der Waals surface area contributed by atoms with Gasteiger partial charge in [0.1, 0.15) is 5.78 Å². The summed E-state index contributed by atoms with van der Waals surface area (Å²) in [6.45, 7) is 5.94. The minimum Gasteiger partial charge on any atom is -0.298 e. The molecule has 21 heavy (non-hydrogen) atoms. The van der Waals surface area contributed by atoms with Crippen LogP contribution in [0, 0.1) is 5.92 Å². The number of ketones is 1. The number of nitrogens with zero attached hydrogens (tertiary/aromatic N) is 2. The zero-order valence-electron chi connectivity index (χ0n) is 12.8. The van der Waals surface area contributed by atoms with Crippen LogP contribution in [0.5, 0.6) is 0 Å². The van der Waals surface area contributed by atoms with E-state index in [-0.39, 0.29) is 0 Å². The van der Waals surface area contributed by atoms with Gasteiger partial charge in [-0.05, 0) is 18.4 Å². The molecule has 1 aliphatic heterocycles. The van der Waals surface area contributed by atoms with Crippen LogP contribution >= 0.6 is 0 Å². The Bertz CT molecular complexity index is 446. The van der Waals surface area contributed by atoms with Crippen molar-refractivity contribution in [2.75, 3.05) is 32.7 Å². The first-order chi connectivity index (χ1) is 10.3. The van der Waals surface area contributed by atoms with Crippen molar-refractivity contribution in [1.82, 2.24) is 9.80 Å². The molecule has 114 valence electrons. The lowest BCUT2D eigenvalue weighted by Crippen LogP contribution is -2.48. The van der Waals surface area contributed by atoms with E-state index in [1.54, 1.807) is 0 Å². The second-order valence-electron chi connectivity index (χ2n) is 6.49. The van der Waals surface area contributed by atoms with Crippen molar-refractivity contribution in [3.8, 4) is 0 Å². The molecule has 1 aromatic carbocycles. The van der Waals surface area contributed by atoms with E-state index in [1.165, 1.54) is 18.4 Å². The molecule has 3 nitrogen and oxygen atoms in total. The van der Waals surface area contributed by atoms with E-state index >= 15 is 0 Å². The topological polar surface area (TPSA) is 23.6 Å². The van der Waals surface area contributed by atoms with Gasteiger partial charge in [-0.3, -0.25) is 14.6 Å². The maximum atomic E-state index is 12.2. The number of hydrogen-bond acceptors (Lipinski definition) is 3. The van der Waals surface area contributed by atoms with Gasteiger partial charge in [0.15, 0.2) is 0 Å². The Morgan fingerprint density at radius 1 is 0.952 bits per heavy atom. The highest BCUT2D eigenvalue weighted by Gasteiger charge is 2.25. The molecular weight excluding hydrogens is 260 g/mol. The van der Waals surface area contributed by atoms with Crippen molar-refractivity contribution in [1.29, 1.82) is 0 Å². The molecule has 1 aromatic rings. The fourth-order valence-corrected chi connectivity index (χ4v) is 3.54. The molecule has 0 radical (unpaired) electrons. The molecule has 0 N–H and O–H groups in total. The summed E-state index contributed by atoms with van der Waals surface area (Å²) < 4.78 is 0. The van der Waals surface area contributed by atoms with Crippen LogP contribution in [0.25, 0.3) is 0 Å². The van der Waals surface area contributed by atoms with Gasteiger partial charge in [0, 0.05) is 38.6 Å². The second-order valence-corrected chi connectivity index (χ2v) is 6.49. The van der Waals surface area contributed by atoms with Crippen LogP contribution in [0.3, 0.4) is 0 Å². The first-order valence-corrected chi connectivity index (χ1v) is 8.32. The molecule has 1 saturated carbocycles. The number of carbonyl (C=O) groups is 1. The molecule has 3 rings (SSSR count). The Morgan fingerprint density at radius 2 is 1.57 bits per heavy atom. The number of rotatable bonds is 5. The molecule has 0 amide bonds. The molecule has 2 fully saturated rings. The van der Waals surface area contributed by atoms with Crippen molar-refractivity contribution >= 4 is 5.78 Å². The Kier molecular flexibility index (Phi) is 5.04. The lowest BCUT2D eigenvalue weighted by Gasteiger charge is -2.34. The van der Waals surface area contributed by atoms with Gasteiger partial charge in [-0.25, -0.2) is 0 Å². The third kappa shape index (κ3) is 4.14. The summed E-state index contributed by atoms with van der Waals surface area (Å²) >= 11 is 0. The summed E-state index contributed by atoms with van der Waals surface area (Å²) in [6, 6.07) is 10.7. The molecular formula is C18H26N2O.